The molecule has 1 heterocycles. The summed E-state index contributed by atoms with van der Waals surface area (Å²) in [6.07, 6.45) is 0. The van der Waals surface area contributed by atoms with E-state index in [1.54, 1.807) is 0 Å². The maximum Gasteiger partial charge on any atom is 0.140 e. The molecule has 11 aromatic carbocycles. The highest BCUT2D eigenvalue weighted by atomic mass is 16.5. The first-order chi connectivity index (χ1) is 32.2. The Bertz CT molecular complexity index is 3830. The Morgan fingerprint density at radius 2 is 0.769 bits per heavy atom. The first kappa shape index (κ1) is 35.2. The lowest BCUT2D eigenvalue weighted by molar-refractivity contribution is 0.442. The number of hydrogen-bond acceptors (Lipinski definition) is 1. The van der Waals surface area contributed by atoms with E-state index in [4.69, 9.17) is 4.74 Å². The fraction of sp³-hybridized carbons (Fsp3) is 0.0312. The Labute approximate surface area is 377 Å². The first-order valence-corrected chi connectivity index (χ1v) is 22.7. The van der Waals surface area contributed by atoms with Gasteiger partial charge in [-0.2, -0.15) is 0 Å². The Hall–Kier alpha value is -8.26. The van der Waals surface area contributed by atoms with Crippen LogP contribution in [0.5, 0.6) is 11.5 Å². The SMILES string of the molecule is c1cc(-c2ccc3c(c2)C2(c4ccccc4-3)c3ccccc3-c3ccc4ccccc4c32)cc(-c2cc3c(c4ccccc24)Oc2ccccc2C32c3ccccc3-c3ccccc32)c1. The topological polar surface area (TPSA) is 9.23 Å². The van der Waals surface area contributed by atoms with Gasteiger partial charge in [-0.3, -0.25) is 0 Å². The molecule has 0 fully saturated rings. The Morgan fingerprint density at radius 3 is 1.48 bits per heavy atom. The fourth-order valence-corrected chi connectivity index (χ4v) is 12.9. The van der Waals surface area contributed by atoms with Crippen molar-refractivity contribution < 1.29 is 4.74 Å². The summed E-state index contributed by atoms with van der Waals surface area (Å²) >= 11 is 0. The van der Waals surface area contributed by atoms with Gasteiger partial charge in [0.05, 0.1) is 10.8 Å². The molecule has 0 amide bonds. The van der Waals surface area contributed by atoms with Gasteiger partial charge in [-0.25, -0.2) is 0 Å². The molecular formula is C64H38O. The number of rotatable bonds is 2. The molecule has 3 aliphatic carbocycles. The molecule has 0 N–H and O–H groups in total. The summed E-state index contributed by atoms with van der Waals surface area (Å²) in [6, 6.07) is 86.2. The van der Waals surface area contributed by atoms with Crippen molar-refractivity contribution in [2.24, 2.45) is 0 Å². The molecule has 2 spiro atoms. The monoisotopic (exact) mass is 822 g/mol. The van der Waals surface area contributed by atoms with Gasteiger partial charge in [-0.05, 0) is 129 Å². The van der Waals surface area contributed by atoms with Crippen LogP contribution in [0.3, 0.4) is 0 Å². The van der Waals surface area contributed by atoms with Crippen LogP contribution in [0.2, 0.25) is 0 Å². The quantitative estimate of drug-likeness (QED) is 0.169. The molecule has 0 radical (unpaired) electrons. The largest absolute Gasteiger partial charge is 0.456 e. The highest BCUT2D eigenvalue weighted by Gasteiger charge is 2.53. The third-order valence-electron chi connectivity index (χ3n) is 15.3. The van der Waals surface area contributed by atoms with E-state index in [9.17, 15) is 0 Å². The van der Waals surface area contributed by atoms with Crippen molar-refractivity contribution in [3.63, 3.8) is 0 Å². The third-order valence-corrected chi connectivity index (χ3v) is 15.3. The molecule has 1 unspecified atom stereocenters. The molecule has 1 nitrogen and oxygen atoms in total. The summed E-state index contributed by atoms with van der Waals surface area (Å²) in [5, 5.41) is 4.87. The highest BCUT2D eigenvalue weighted by Crippen LogP contribution is 2.66. The number of ether oxygens (including phenoxy) is 1. The summed E-state index contributed by atoms with van der Waals surface area (Å²) in [7, 11) is 0. The van der Waals surface area contributed by atoms with Gasteiger partial charge >= 0.3 is 0 Å². The lowest BCUT2D eigenvalue weighted by atomic mass is 9.65. The summed E-state index contributed by atoms with van der Waals surface area (Å²) in [6.45, 7) is 0. The van der Waals surface area contributed by atoms with E-state index < -0.39 is 10.8 Å². The molecule has 65 heavy (non-hydrogen) atoms. The zero-order valence-electron chi connectivity index (χ0n) is 35.3. The molecule has 1 aliphatic heterocycles. The van der Waals surface area contributed by atoms with Crippen molar-refractivity contribution in [1.82, 2.24) is 0 Å². The predicted molar refractivity (Wildman–Crippen MR) is 266 cm³/mol. The molecular weight excluding hydrogens is 785 g/mol. The van der Waals surface area contributed by atoms with Crippen LogP contribution >= 0.6 is 0 Å². The number of fused-ring (bicyclic) bond motifs is 23. The summed E-state index contributed by atoms with van der Waals surface area (Å²) in [5.74, 6) is 1.84. The van der Waals surface area contributed by atoms with Gasteiger partial charge in [0.25, 0.3) is 0 Å². The van der Waals surface area contributed by atoms with Crippen molar-refractivity contribution in [3.8, 4) is 67.1 Å². The van der Waals surface area contributed by atoms with Gasteiger partial charge < -0.3 is 4.74 Å². The molecule has 0 bridgehead atoms. The predicted octanol–water partition coefficient (Wildman–Crippen LogP) is 16.1. The van der Waals surface area contributed by atoms with Gasteiger partial charge in [0.2, 0.25) is 0 Å². The standard InChI is InChI=1S/C64H38O/c1-2-19-43-39(16-1)32-35-50-48-24-8-12-29-56(48)64(61(43)50)55-28-11-7-23-47(55)49-34-33-41(37-58(49)64)40-17-15-18-42(36-40)52-38-59-62(51-25-4-3-20-44(51)52)65-60-31-14-13-30-57(60)63(59)53-26-9-5-21-45(53)46-22-6-10-27-54(46)63/h1-38H. The van der Waals surface area contributed by atoms with Crippen LogP contribution in [0.4, 0.5) is 0 Å². The second-order valence-electron chi connectivity index (χ2n) is 18.2. The van der Waals surface area contributed by atoms with Crippen LogP contribution < -0.4 is 4.74 Å². The van der Waals surface area contributed by atoms with Gasteiger partial charge in [0, 0.05) is 16.5 Å². The normalized spacial score (nSPS) is 16.0. The van der Waals surface area contributed by atoms with Crippen LogP contribution in [0.15, 0.2) is 231 Å². The average Bonchev–Trinajstić information content (AvgIpc) is 3.96. The smallest absolute Gasteiger partial charge is 0.140 e. The minimum Gasteiger partial charge on any atom is -0.456 e. The van der Waals surface area contributed by atoms with Crippen molar-refractivity contribution >= 4 is 21.5 Å². The van der Waals surface area contributed by atoms with Crippen LogP contribution in [-0.2, 0) is 10.8 Å². The Morgan fingerprint density at radius 1 is 0.262 bits per heavy atom. The number of benzene rings is 11. The third kappa shape index (κ3) is 4.33. The van der Waals surface area contributed by atoms with E-state index in [2.05, 4.69) is 231 Å². The van der Waals surface area contributed by atoms with Crippen molar-refractivity contribution in [2.45, 2.75) is 10.8 Å². The second-order valence-corrected chi connectivity index (χ2v) is 18.2. The Balaban J connectivity index is 0.970. The molecule has 0 saturated heterocycles. The van der Waals surface area contributed by atoms with Crippen LogP contribution in [0.1, 0.15) is 44.5 Å². The molecule has 0 saturated carbocycles. The van der Waals surface area contributed by atoms with Crippen molar-refractivity contribution in [3.05, 3.63) is 275 Å². The molecule has 11 aromatic rings. The number of para-hydroxylation sites is 1. The van der Waals surface area contributed by atoms with Crippen molar-refractivity contribution in [1.29, 1.82) is 0 Å². The molecule has 4 aliphatic rings. The summed E-state index contributed by atoms with van der Waals surface area (Å²) in [5.41, 5.74) is 22.0. The molecule has 1 heteroatoms. The number of hydrogen-bond donors (Lipinski definition) is 0. The Kier molecular flexibility index (Phi) is 6.88. The summed E-state index contributed by atoms with van der Waals surface area (Å²) < 4.78 is 7.08. The van der Waals surface area contributed by atoms with Gasteiger partial charge in [0.1, 0.15) is 11.5 Å². The van der Waals surface area contributed by atoms with E-state index in [1.807, 2.05) is 0 Å². The fourth-order valence-electron chi connectivity index (χ4n) is 12.9. The lowest BCUT2D eigenvalue weighted by Gasteiger charge is -2.40. The van der Waals surface area contributed by atoms with Crippen LogP contribution in [0.25, 0.3) is 77.2 Å². The van der Waals surface area contributed by atoms with E-state index in [1.165, 1.54) is 116 Å². The van der Waals surface area contributed by atoms with E-state index in [-0.39, 0.29) is 0 Å². The van der Waals surface area contributed by atoms with Crippen LogP contribution in [0, 0.1) is 0 Å². The first-order valence-electron chi connectivity index (χ1n) is 22.7. The van der Waals surface area contributed by atoms with Crippen LogP contribution in [-0.4, -0.2) is 0 Å². The zero-order chi connectivity index (χ0) is 42.4. The van der Waals surface area contributed by atoms with Gasteiger partial charge in [0.15, 0.2) is 0 Å². The summed E-state index contributed by atoms with van der Waals surface area (Å²) in [4.78, 5) is 0. The van der Waals surface area contributed by atoms with Gasteiger partial charge in [-0.1, -0.05) is 206 Å². The maximum atomic E-state index is 7.08. The molecule has 300 valence electrons. The van der Waals surface area contributed by atoms with E-state index >= 15 is 0 Å². The molecule has 15 rings (SSSR count). The van der Waals surface area contributed by atoms with E-state index in [0.717, 1.165) is 16.9 Å². The maximum absolute atomic E-state index is 7.08. The van der Waals surface area contributed by atoms with Gasteiger partial charge in [-0.15, -0.1) is 0 Å². The average molecular weight is 823 g/mol. The molecule has 1 atom stereocenters. The van der Waals surface area contributed by atoms with E-state index in [0.29, 0.717) is 0 Å². The molecule has 0 aromatic heterocycles. The minimum absolute atomic E-state index is 0.459. The highest BCUT2D eigenvalue weighted by molar-refractivity contribution is 6.06. The minimum atomic E-state index is -0.560. The lowest BCUT2D eigenvalue weighted by Crippen LogP contribution is -2.32. The zero-order valence-corrected chi connectivity index (χ0v) is 35.3. The second kappa shape index (κ2) is 12.7. The van der Waals surface area contributed by atoms with Crippen molar-refractivity contribution in [2.75, 3.05) is 0 Å².